The molecule has 2 aliphatic rings. The van der Waals surface area contributed by atoms with Crippen LogP contribution in [-0.2, 0) is 20.7 Å². The van der Waals surface area contributed by atoms with Crippen molar-refractivity contribution in [1.29, 1.82) is 0 Å². The van der Waals surface area contributed by atoms with Crippen LogP contribution in [0.25, 0.3) is 0 Å². The number of hydrogen-bond donors (Lipinski definition) is 0. The minimum Gasteiger partial charge on any atom is -0.403 e. The summed E-state index contributed by atoms with van der Waals surface area (Å²) in [6.07, 6.45) is 0. The molecule has 23 heavy (non-hydrogen) atoms. The Labute approximate surface area is 140 Å². The largest absolute Gasteiger partial charge is 0.462 e. The zero-order chi connectivity index (χ0) is 16.9. The highest BCUT2D eigenvalue weighted by Gasteiger charge is 2.68. The molecule has 1 saturated heterocycles. The molecule has 0 aromatic heterocycles. The van der Waals surface area contributed by atoms with Gasteiger partial charge < -0.3 is 14.0 Å². The van der Waals surface area contributed by atoms with E-state index in [9.17, 15) is 0 Å². The SMILES string of the molecule is CC1(C)[C@H](COCc2ccccc2)[C@@H]1B1OC(C)(C)C(C)(C)O1. The molecule has 1 aromatic carbocycles. The molecule has 1 saturated carbocycles. The van der Waals surface area contributed by atoms with E-state index < -0.39 is 0 Å². The number of rotatable bonds is 5. The smallest absolute Gasteiger partial charge is 0.403 e. The van der Waals surface area contributed by atoms with Crippen LogP contribution >= 0.6 is 0 Å². The lowest BCUT2D eigenvalue weighted by atomic mass is 9.77. The quantitative estimate of drug-likeness (QED) is 0.757. The Bertz CT molecular complexity index is 537. The van der Waals surface area contributed by atoms with Crippen molar-refractivity contribution in [2.75, 3.05) is 6.61 Å². The molecule has 4 heteroatoms. The fraction of sp³-hybridized carbons (Fsp3) is 0.684. The summed E-state index contributed by atoms with van der Waals surface area (Å²) in [5, 5.41) is 0. The molecule has 3 nitrogen and oxygen atoms in total. The lowest BCUT2D eigenvalue weighted by molar-refractivity contribution is 0.00578. The van der Waals surface area contributed by atoms with E-state index in [-0.39, 0.29) is 23.7 Å². The summed E-state index contributed by atoms with van der Waals surface area (Å²) in [5.41, 5.74) is 0.910. The average Bonchev–Trinajstić information content (AvgIpc) is 2.91. The Kier molecular flexibility index (Phi) is 4.15. The van der Waals surface area contributed by atoms with Gasteiger partial charge in [-0.2, -0.15) is 0 Å². The fourth-order valence-corrected chi connectivity index (χ4v) is 3.56. The van der Waals surface area contributed by atoms with E-state index in [2.05, 4.69) is 53.7 Å². The first kappa shape index (κ1) is 17.0. The van der Waals surface area contributed by atoms with Gasteiger partial charge in [-0.15, -0.1) is 0 Å². The van der Waals surface area contributed by atoms with Crippen molar-refractivity contribution in [3.05, 3.63) is 35.9 Å². The lowest BCUT2D eigenvalue weighted by Crippen LogP contribution is -2.41. The first-order chi connectivity index (χ1) is 10.7. The Morgan fingerprint density at radius 3 is 2.09 bits per heavy atom. The molecule has 0 radical (unpaired) electrons. The standard InChI is InChI=1S/C19H29BO3/c1-17(2)15(13-21-12-14-10-8-7-9-11-14)16(17)20-22-18(3,4)19(5,6)23-20/h7-11,15-16H,12-13H2,1-6H3/t15-,16+/m1/s1. The van der Waals surface area contributed by atoms with Gasteiger partial charge in [-0.25, -0.2) is 0 Å². The molecular formula is C19H29BO3. The zero-order valence-electron chi connectivity index (χ0n) is 15.3. The Morgan fingerprint density at radius 1 is 0.957 bits per heavy atom. The third kappa shape index (κ3) is 3.09. The summed E-state index contributed by atoms with van der Waals surface area (Å²) in [4.78, 5) is 0. The van der Waals surface area contributed by atoms with E-state index in [1.54, 1.807) is 0 Å². The summed E-state index contributed by atoms with van der Waals surface area (Å²) in [5.74, 6) is 0.889. The van der Waals surface area contributed by atoms with Crippen LogP contribution in [0.2, 0.25) is 5.82 Å². The second-order valence-corrected chi connectivity index (χ2v) is 8.58. The number of ether oxygens (including phenoxy) is 1. The Morgan fingerprint density at radius 2 is 1.52 bits per heavy atom. The first-order valence-corrected chi connectivity index (χ1v) is 8.62. The highest BCUT2D eigenvalue weighted by Crippen LogP contribution is 2.66. The maximum atomic E-state index is 6.24. The fourth-order valence-electron chi connectivity index (χ4n) is 3.56. The summed E-state index contributed by atoms with van der Waals surface area (Å²) in [7, 11) is -0.125. The van der Waals surface area contributed by atoms with Gasteiger partial charge in [0, 0.05) is 5.82 Å². The van der Waals surface area contributed by atoms with Gasteiger partial charge in [-0.1, -0.05) is 44.2 Å². The third-order valence-electron chi connectivity index (χ3n) is 6.11. The van der Waals surface area contributed by atoms with E-state index in [1.807, 2.05) is 18.2 Å². The molecule has 0 unspecified atom stereocenters. The Balaban J connectivity index is 1.56. The molecule has 1 heterocycles. The topological polar surface area (TPSA) is 27.7 Å². The van der Waals surface area contributed by atoms with E-state index in [0.717, 1.165) is 6.61 Å². The van der Waals surface area contributed by atoms with Crippen LogP contribution in [0.4, 0.5) is 0 Å². The van der Waals surface area contributed by atoms with Crippen LogP contribution in [0, 0.1) is 11.3 Å². The molecular weight excluding hydrogens is 287 g/mol. The molecule has 1 aromatic rings. The van der Waals surface area contributed by atoms with Gasteiger partial charge in [0.25, 0.3) is 0 Å². The molecule has 0 amide bonds. The second-order valence-electron chi connectivity index (χ2n) is 8.58. The minimum absolute atomic E-state index is 0.125. The van der Waals surface area contributed by atoms with E-state index in [1.165, 1.54) is 5.56 Å². The highest BCUT2D eigenvalue weighted by molar-refractivity contribution is 6.49. The maximum Gasteiger partial charge on any atom is 0.462 e. The summed E-state index contributed by atoms with van der Waals surface area (Å²) in [6.45, 7) is 14.5. The summed E-state index contributed by atoms with van der Waals surface area (Å²) < 4.78 is 18.4. The minimum atomic E-state index is -0.258. The van der Waals surface area contributed by atoms with Gasteiger partial charge in [0.2, 0.25) is 0 Å². The van der Waals surface area contributed by atoms with Crippen molar-refractivity contribution in [2.45, 2.75) is 65.2 Å². The molecule has 126 valence electrons. The molecule has 1 aliphatic carbocycles. The highest BCUT2D eigenvalue weighted by atomic mass is 16.7. The third-order valence-corrected chi connectivity index (χ3v) is 6.11. The lowest BCUT2D eigenvalue weighted by Gasteiger charge is -2.32. The second kappa shape index (κ2) is 5.61. The molecule has 3 rings (SSSR count). The van der Waals surface area contributed by atoms with Crippen molar-refractivity contribution in [2.24, 2.45) is 11.3 Å². The molecule has 1 aliphatic heterocycles. The van der Waals surface area contributed by atoms with Crippen LogP contribution in [0.5, 0.6) is 0 Å². The van der Waals surface area contributed by atoms with Gasteiger partial charge in [0.1, 0.15) is 0 Å². The Hall–Kier alpha value is -0.835. The van der Waals surface area contributed by atoms with Crippen LogP contribution in [0.1, 0.15) is 47.1 Å². The molecule has 0 spiro atoms. The van der Waals surface area contributed by atoms with Gasteiger partial charge in [0.05, 0.1) is 24.4 Å². The van der Waals surface area contributed by atoms with Crippen molar-refractivity contribution >= 4 is 7.12 Å². The van der Waals surface area contributed by atoms with Crippen molar-refractivity contribution in [1.82, 2.24) is 0 Å². The van der Waals surface area contributed by atoms with Crippen molar-refractivity contribution in [3.63, 3.8) is 0 Å². The van der Waals surface area contributed by atoms with Gasteiger partial charge in [0.15, 0.2) is 0 Å². The predicted octanol–water partition coefficient (Wildman–Crippen LogP) is 4.32. The maximum absolute atomic E-state index is 6.24. The number of benzene rings is 1. The van der Waals surface area contributed by atoms with E-state index in [0.29, 0.717) is 18.3 Å². The predicted molar refractivity (Wildman–Crippen MR) is 93.2 cm³/mol. The van der Waals surface area contributed by atoms with E-state index in [4.69, 9.17) is 14.0 Å². The van der Waals surface area contributed by atoms with Crippen LogP contribution in [0.3, 0.4) is 0 Å². The normalized spacial score (nSPS) is 30.4. The molecule has 0 N–H and O–H groups in total. The first-order valence-electron chi connectivity index (χ1n) is 8.62. The molecule has 2 fully saturated rings. The summed E-state index contributed by atoms with van der Waals surface area (Å²) in [6, 6.07) is 10.3. The van der Waals surface area contributed by atoms with Crippen molar-refractivity contribution in [3.8, 4) is 0 Å². The monoisotopic (exact) mass is 316 g/mol. The van der Waals surface area contributed by atoms with Crippen LogP contribution < -0.4 is 0 Å². The average molecular weight is 316 g/mol. The molecule has 2 atom stereocenters. The van der Waals surface area contributed by atoms with Gasteiger partial charge in [-0.05, 0) is 44.6 Å². The van der Waals surface area contributed by atoms with Gasteiger partial charge in [-0.3, -0.25) is 0 Å². The van der Waals surface area contributed by atoms with Gasteiger partial charge >= 0.3 is 7.12 Å². The number of hydrogen-bond acceptors (Lipinski definition) is 3. The zero-order valence-corrected chi connectivity index (χ0v) is 15.3. The van der Waals surface area contributed by atoms with E-state index >= 15 is 0 Å². The summed E-state index contributed by atoms with van der Waals surface area (Å²) >= 11 is 0. The van der Waals surface area contributed by atoms with Crippen molar-refractivity contribution < 1.29 is 14.0 Å². The van der Waals surface area contributed by atoms with Crippen LogP contribution in [-0.4, -0.2) is 24.9 Å². The van der Waals surface area contributed by atoms with Crippen LogP contribution in [0.15, 0.2) is 30.3 Å². The molecule has 0 bridgehead atoms.